The normalized spacial score (nSPS) is 26.9. The Morgan fingerprint density at radius 1 is 1.15 bits per heavy atom. The van der Waals surface area contributed by atoms with Crippen molar-refractivity contribution < 1.29 is 20.1 Å². The lowest BCUT2D eigenvalue weighted by atomic mass is 9.89. The summed E-state index contributed by atoms with van der Waals surface area (Å²) in [4.78, 5) is 11.4. The molecule has 0 aliphatic heterocycles. The number of rotatable bonds is 13. The first-order valence-electron chi connectivity index (χ1n) is 10.6. The minimum absolute atomic E-state index is 0.0290. The molecule has 0 heterocycles. The molecule has 0 aromatic carbocycles. The largest absolute Gasteiger partial charge is 0.393 e. The number of aliphatic hydroxyl groups is 3. The molecule has 0 unspecified atom stereocenters. The zero-order valence-electron chi connectivity index (χ0n) is 17.0. The Balaban J connectivity index is 2.42. The molecular formula is C22H39NO4. The van der Waals surface area contributed by atoms with Crippen LogP contribution in [-0.2, 0) is 4.79 Å². The Bertz CT molecular complexity index is 463. The van der Waals surface area contributed by atoms with Gasteiger partial charge in [0.2, 0.25) is 5.91 Å². The average molecular weight is 382 g/mol. The summed E-state index contributed by atoms with van der Waals surface area (Å²) >= 11 is 0. The highest BCUT2D eigenvalue weighted by Gasteiger charge is 2.39. The van der Waals surface area contributed by atoms with Crippen LogP contribution in [0.15, 0.2) is 24.3 Å². The maximum Gasteiger partial charge on any atom is 0.219 e. The van der Waals surface area contributed by atoms with E-state index in [9.17, 15) is 20.1 Å². The molecule has 1 rings (SSSR count). The highest BCUT2D eigenvalue weighted by molar-refractivity contribution is 5.75. The predicted octanol–water partition coefficient (Wildman–Crippen LogP) is 3.09. The summed E-state index contributed by atoms with van der Waals surface area (Å²) in [5.74, 6) is -0.0672. The molecule has 1 fully saturated rings. The van der Waals surface area contributed by atoms with Crippen LogP contribution in [0.5, 0.6) is 0 Å². The summed E-state index contributed by atoms with van der Waals surface area (Å²) in [5, 5.41) is 33.3. The number of nitrogens with one attached hydrogen (secondary N) is 1. The van der Waals surface area contributed by atoms with Crippen LogP contribution in [0, 0.1) is 11.8 Å². The van der Waals surface area contributed by atoms with Crippen molar-refractivity contribution in [1.29, 1.82) is 0 Å². The number of hydrogen-bond acceptors (Lipinski definition) is 4. The molecule has 0 spiro atoms. The number of hydrogen-bond donors (Lipinski definition) is 4. The van der Waals surface area contributed by atoms with E-state index in [2.05, 4.69) is 18.3 Å². The van der Waals surface area contributed by atoms with Crippen molar-refractivity contribution in [1.82, 2.24) is 5.32 Å². The first-order valence-corrected chi connectivity index (χ1v) is 10.6. The van der Waals surface area contributed by atoms with Crippen molar-refractivity contribution in [3.8, 4) is 0 Å². The molecule has 156 valence electrons. The van der Waals surface area contributed by atoms with Crippen LogP contribution in [0.25, 0.3) is 0 Å². The van der Waals surface area contributed by atoms with E-state index in [1.807, 2.05) is 19.1 Å². The van der Waals surface area contributed by atoms with Gasteiger partial charge >= 0.3 is 0 Å². The van der Waals surface area contributed by atoms with Crippen molar-refractivity contribution in [2.75, 3.05) is 6.54 Å². The average Bonchev–Trinajstić information content (AvgIpc) is 2.89. The van der Waals surface area contributed by atoms with Gasteiger partial charge in [-0.3, -0.25) is 4.79 Å². The Hall–Kier alpha value is -1.17. The van der Waals surface area contributed by atoms with Crippen LogP contribution in [0.2, 0.25) is 0 Å². The number of allylic oxidation sites excluding steroid dienone is 2. The minimum Gasteiger partial charge on any atom is -0.393 e. The second-order valence-corrected chi connectivity index (χ2v) is 7.61. The second-order valence-electron chi connectivity index (χ2n) is 7.61. The Morgan fingerprint density at radius 2 is 1.93 bits per heavy atom. The number of unbranched alkanes of at least 4 members (excludes halogenated alkanes) is 3. The highest BCUT2D eigenvalue weighted by atomic mass is 16.3. The van der Waals surface area contributed by atoms with E-state index in [4.69, 9.17) is 0 Å². The number of carbonyl (C=O) groups is 1. The van der Waals surface area contributed by atoms with Crippen LogP contribution in [0.1, 0.15) is 71.6 Å². The monoisotopic (exact) mass is 381 g/mol. The molecule has 5 heteroatoms. The molecule has 0 saturated heterocycles. The van der Waals surface area contributed by atoms with Gasteiger partial charge in [0.05, 0.1) is 18.3 Å². The summed E-state index contributed by atoms with van der Waals surface area (Å²) in [6.07, 6.45) is 13.5. The van der Waals surface area contributed by atoms with Gasteiger partial charge in [-0.25, -0.2) is 0 Å². The standard InChI is InChI=1S/C22H39NO4/c1-3-5-8-11-17(24)14-15-19-18(20(25)16-21(19)26)12-9-6-7-10-13-22(27)23-4-2/h6,9,14-15,17-21,24-26H,3-5,7-8,10-13,16H2,1-2H3,(H,23,27)/t17-,18+,19+,20-,21+/m0/s1. The second kappa shape index (κ2) is 13.9. The quantitative estimate of drug-likeness (QED) is 0.291. The van der Waals surface area contributed by atoms with Crippen molar-refractivity contribution in [3.05, 3.63) is 24.3 Å². The van der Waals surface area contributed by atoms with Crippen LogP contribution < -0.4 is 5.32 Å². The molecule has 27 heavy (non-hydrogen) atoms. The lowest BCUT2D eigenvalue weighted by Crippen LogP contribution is -2.21. The predicted molar refractivity (Wildman–Crippen MR) is 109 cm³/mol. The molecule has 0 radical (unpaired) electrons. The number of amides is 1. The lowest BCUT2D eigenvalue weighted by molar-refractivity contribution is -0.121. The molecule has 5 atom stereocenters. The Labute approximate surface area is 164 Å². The molecule has 1 amide bonds. The first kappa shape index (κ1) is 23.9. The van der Waals surface area contributed by atoms with Gasteiger partial charge in [0.15, 0.2) is 0 Å². The molecule has 4 N–H and O–H groups in total. The third kappa shape index (κ3) is 9.54. The van der Waals surface area contributed by atoms with E-state index in [1.165, 1.54) is 0 Å². The van der Waals surface area contributed by atoms with E-state index >= 15 is 0 Å². The SMILES string of the molecule is CCCCC[C@H](O)C=C[C@@H]1[C@@H](CC=CCCCC(=O)NCC)[C@@H](O)C[C@H]1O. The summed E-state index contributed by atoms with van der Waals surface area (Å²) in [5.41, 5.74) is 0. The van der Waals surface area contributed by atoms with E-state index < -0.39 is 18.3 Å². The zero-order chi connectivity index (χ0) is 20.1. The lowest BCUT2D eigenvalue weighted by Gasteiger charge is -2.19. The third-order valence-corrected chi connectivity index (χ3v) is 5.30. The van der Waals surface area contributed by atoms with Crippen molar-refractivity contribution in [2.24, 2.45) is 11.8 Å². The molecule has 5 nitrogen and oxygen atoms in total. The van der Waals surface area contributed by atoms with Crippen LogP contribution in [0.3, 0.4) is 0 Å². The van der Waals surface area contributed by atoms with E-state index in [-0.39, 0.29) is 17.7 Å². The molecule has 1 aliphatic rings. The van der Waals surface area contributed by atoms with Gasteiger partial charge in [-0.2, -0.15) is 0 Å². The van der Waals surface area contributed by atoms with Crippen molar-refractivity contribution >= 4 is 5.91 Å². The number of aliphatic hydroxyl groups excluding tert-OH is 3. The fraction of sp³-hybridized carbons (Fsp3) is 0.773. The Kier molecular flexibility index (Phi) is 12.3. The van der Waals surface area contributed by atoms with E-state index in [1.54, 1.807) is 6.08 Å². The number of carbonyl (C=O) groups excluding carboxylic acids is 1. The first-order chi connectivity index (χ1) is 13.0. The van der Waals surface area contributed by atoms with E-state index in [0.29, 0.717) is 25.8 Å². The van der Waals surface area contributed by atoms with Crippen LogP contribution in [0.4, 0.5) is 0 Å². The molecule has 0 aromatic heterocycles. The molecule has 0 bridgehead atoms. The highest BCUT2D eigenvalue weighted by Crippen LogP contribution is 2.36. The topological polar surface area (TPSA) is 89.8 Å². The maximum atomic E-state index is 11.4. The summed E-state index contributed by atoms with van der Waals surface area (Å²) in [6, 6.07) is 0. The minimum atomic E-state index is -0.560. The van der Waals surface area contributed by atoms with Crippen LogP contribution >= 0.6 is 0 Å². The molecular weight excluding hydrogens is 342 g/mol. The maximum absolute atomic E-state index is 11.4. The van der Waals surface area contributed by atoms with Gasteiger partial charge in [-0.1, -0.05) is 50.5 Å². The smallest absolute Gasteiger partial charge is 0.219 e. The summed E-state index contributed by atoms with van der Waals surface area (Å²) < 4.78 is 0. The zero-order valence-corrected chi connectivity index (χ0v) is 17.0. The van der Waals surface area contributed by atoms with Crippen LogP contribution in [-0.4, -0.2) is 46.1 Å². The molecule has 1 saturated carbocycles. The molecule has 1 aliphatic carbocycles. The van der Waals surface area contributed by atoms with Gasteiger partial charge in [0.1, 0.15) is 0 Å². The third-order valence-electron chi connectivity index (χ3n) is 5.30. The van der Waals surface area contributed by atoms with Gasteiger partial charge in [-0.05, 0) is 38.5 Å². The summed E-state index contributed by atoms with van der Waals surface area (Å²) in [6.45, 7) is 4.71. The fourth-order valence-electron chi connectivity index (χ4n) is 3.70. The van der Waals surface area contributed by atoms with Gasteiger partial charge in [0.25, 0.3) is 0 Å². The Morgan fingerprint density at radius 3 is 2.63 bits per heavy atom. The van der Waals surface area contributed by atoms with Gasteiger partial charge in [0, 0.05) is 25.3 Å². The van der Waals surface area contributed by atoms with E-state index in [0.717, 1.165) is 38.5 Å². The van der Waals surface area contributed by atoms with Gasteiger partial charge < -0.3 is 20.6 Å². The van der Waals surface area contributed by atoms with Gasteiger partial charge in [-0.15, -0.1) is 0 Å². The molecule has 0 aromatic rings. The van der Waals surface area contributed by atoms with Crippen molar-refractivity contribution in [2.45, 2.75) is 89.9 Å². The summed E-state index contributed by atoms with van der Waals surface area (Å²) in [7, 11) is 0. The fourth-order valence-corrected chi connectivity index (χ4v) is 3.70. The van der Waals surface area contributed by atoms with Crippen molar-refractivity contribution in [3.63, 3.8) is 0 Å².